The Hall–Kier alpha value is -1.65. The number of hydrogen-bond donors (Lipinski definition) is 2. The number of H-pyrrole nitrogens is 1. The number of nitrogens with zero attached hydrogens (tertiary/aromatic N) is 1. The van der Waals surface area contributed by atoms with Crippen LogP contribution in [0.2, 0.25) is 0 Å². The van der Waals surface area contributed by atoms with Gasteiger partial charge in [-0.25, -0.2) is 0 Å². The zero-order valence-electron chi connectivity index (χ0n) is 10.3. The van der Waals surface area contributed by atoms with Gasteiger partial charge in [0.2, 0.25) is 5.88 Å². The molecule has 0 amide bonds. The van der Waals surface area contributed by atoms with Gasteiger partial charge in [0, 0.05) is 12.7 Å². The molecule has 90 valence electrons. The van der Waals surface area contributed by atoms with Crippen molar-refractivity contribution in [1.29, 1.82) is 0 Å². The van der Waals surface area contributed by atoms with Gasteiger partial charge in [0.1, 0.15) is 0 Å². The van der Waals surface area contributed by atoms with E-state index in [1.54, 1.807) is 7.05 Å². The van der Waals surface area contributed by atoms with Crippen LogP contribution in [0.4, 0.5) is 0 Å². The molecule has 5 heteroatoms. The Balaban J connectivity index is 2.81. The van der Waals surface area contributed by atoms with Crippen LogP contribution >= 0.6 is 0 Å². The molecule has 0 radical (unpaired) electrons. The Morgan fingerprint density at radius 2 is 2.25 bits per heavy atom. The summed E-state index contributed by atoms with van der Waals surface area (Å²) >= 11 is 0. The zero-order valence-corrected chi connectivity index (χ0v) is 10.3. The van der Waals surface area contributed by atoms with Crippen LogP contribution in [-0.2, 0) is 13.6 Å². The Morgan fingerprint density at radius 1 is 1.62 bits per heavy atom. The van der Waals surface area contributed by atoms with E-state index in [4.69, 9.17) is 4.74 Å². The van der Waals surface area contributed by atoms with E-state index >= 15 is 0 Å². The topological polar surface area (TPSA) is 59.0 Å². The Labute approximate surface area is 95.1 Å². The van der Waals surface area contributed by atoms with Crippen LogP contribution in [0.15, 0.2) is 17.1 Å². The third-order valence-corrected chi connectivity index (χ3v) is 2.50. The molecule has 0 fully saturated rings. The molecule has 0 unspecified atom stereocenters. The molecular formula is C11H19N3O2. The molecule has 0 aliphatic carbocycles. The van der Waals surface area contributed by atoms with Gasteiger partial charge in [0.05, 0.1) is 19.2 Å². The van der Waals surface area contributed by atoms with Crippen molar-refractivity contribution in [2.24, 2.45) is 13.0 Å². The summed E-state index contributed by atoms with van der Waals surface area (Å²) in [6, 6.07) is 0. The lowest BCUT2D eigenvalue weighted by atomic mass is 10.1. The number of ether oxygens (including phenoxy) is 1. The van der Waals surface area contributed by atoms with Crippen molar-refractivity contribution >= 4 is 0 Å². The Morgan fingerprint density at radius 3 is 2.75 bits per heavy atom. The summed E-state index contributed by atoms with van der Waals surface area (Å²) in [4.78, 5) is 11.7. The van der Waals surface area contributed by atoms with E-state index in [2.05, 4.69) is 17.0 Å². The molecule has 1 rings (SSSR count). The largest absolute Gasteiger partial charge is 0.481 e. The van der Waals surface area contributed by atoms with E-state index in [1.165, 1.54) is 11.8 Å². The monoisotopic (exact) mass is 225 g/mol. The minimum atomic E-state index is -0.0825. The van der Waals surface area contributed by atoms with E-state index in [9.17, 15) is 4.79 Å². The summed E-state index contributed by atoms with van der Waals surface area (Å²) < 4.78 is 6.49. The third-order valence-electron chi connectivity index (χ3n) is 2.50. The SMILES string of the molecule is C=C(NCc1c(OC)[nH]n(C)c1=O)C(C)C. The lowest BCUT2D eigenvalue weighted by Gasteiger charge is -2.11. The van der Waals surface area contributed by atoms with Gasteiger partial charge in [-0.15, -0.1) is 0 Å². The van der Waals surface area contributed by atoms with Crippen LogP contribution < -0.4 is 15.6 Å². The summed E-state index contributed by atoms with van der Waals surface area (Å²) in [5.41, 5.74) is 1.41. The number of aromatic amines is 1. The molecule has 1 aromatic rings. The minimum Gasteiger partial charge on any atom is -0.481 e. The maximum absolute atomic E-state index is 11.7. The minimum absolute atomic E-state index is 0.0825. The normalized spacial score (nSPS) is 10.6. The van der Waals surface area contributed by atoms with Crippen molar-refractivity contribution in [3.63, 3.8) is 0 Å². The lowest BCUT2D eigenvalue weighted by molar-refractivity contribution is 0.387. The van der Waals surface area contributed by atoms with E-state index in [-0.39, 0.29) is 5.56 Å². The van der Waals surface area contributed by atoms with E-state index in [0.717, 1.165) is 5.70 Å². The molecule has 5 nitrogen and oxygen atoms in total. The number of aryl methyl sites for hydroxylation is 1. The predicted molar refractivity (Wildman–Crippen MR) is 63.4 cm³/mol. The third kappa shape index (κ3) is 2.48. The van der Waals surface area contributed by atoms with Gasteiger partial charge in [-0.2, -0.15) is 0 Å². The smallest absolute Gasteiger partial charge is 0.275 e. The molecule has 0 bridgehead atoms. The van der Waals surface area contributed by atoms with Crippen molar-refractivity contribution in [3.8, 4) is 5.88 Å². The zero-order chi connectivity index (χ0) is 12.3. The van der Waals surface area contributed by atoms with Crippen molar-refractivity contribution in [3.05, 3.63) is 28.2 Å². The van der Waals surface area contributed by atoms with Crippen LogP contribution in [0, 0.1) is 5.92 Å². The first-order chi connectivity index (χ1) is 7.47. The maximum Gasteiger partial charge on any atom is 0.275 e. The summed E-state index contributed by atoms with van der Waals surface area (Å²) in [7, 11) is 3.19. The van der Waals surface area contributed by atoms with Crippen molar-refractivity contribution in [1.82, 2.24) is 15.1 Å². The molecule has 0 aromatic carbocycles. The molecular weight excluding hydrogens is 206 g/mol. The molecule has 16 heavy (non-hydrogen) atoms. The van der Waals surface area contributed by atoms with Gasteiger partial charge < -0.3 is 10.1 Å². The number of aromatic nitrogens is 2. The van der Waals surface area contributed by atoms with E-state index in [0.29, 0.717) is 23.9 Å². The van der Waals surface area contributed by atoms with Crippen LogP contribution in [0.3, 0.4) is 0 Å². The molecule has 1 heterocycles. The highest BCUT2D eigenvalue weighted by atomic mass is 16.5. The molecule has 2 N–H and O–H groups in total. The lowest BCUT2D eigenvalue weighted by Crippen LogP contribution is -2.22. The summed E-state index contributed by atoms with van der Waals surface area (Å²) in [6.07, 6.45) is 0. The van der Waals surface area contributed by atoms with Crippen LogP contribution in [0.25, 0.3) is 0 Å². The molecule has 0 saturated carbocycles. The van der Waals surface area contributed by atoms with Crippen molar-refractivity contribution < 1.29 is 4.74 Å². The highest BCUT2D eigenvalue weighted by Gasteiger charge is 2.13. The number of allylic oxidation sites excluding steroid dienone is 1. The summed E-state index contributed by atoms with van der Waals surface area (Å²) in [5, 5.41) is 5.95. The van der Waals surface area contributed by atoms with Crippen LogP contribution in [-0.4, -0.2) is 16.9 Å². The molecule has 0 aliphatic rings. The fraction of sp³-hybridized carbons (Fsp3) is 0.545. The second-order valence-corrected chi connectivity index (χ2v) is 4.02. The molecule has 0 saturated heterocycles. The molecule has 1 aromatic heterocycles. The number of hydrogen-bond acceptors (Lipinski definition) is 3. The second kappa shape index (κ2) is 4.92. The predicted octanol–water partition coefficient (Wildman–Crippen LogP) is 0.981. The highest BCUT2D eigenvalue weighted by molar-refractivity contribution is 5.23. The molecule has 0 spiro atoms. The fourth-order valence-corrected chi connectivity index (χ4v) is 1.30. The average Bonchev–Trinajstić information content (AvgIpc) is 2.51. The Kier molecular flexibility index (Phi) is 3.82. The van der Waals surface area contributed by atoms with Crippen molar-refractivity contribution in [2.45, 2.75) is 20.4 Å². The van der Waals surface area contributed by atoms with Gasteiger partial charge in [-0.1, -0.05) is 20.4 Å². The summed E-state index contributed by atoms with van der Waals surface area (Å²) in [6.45, 7) is 8.40. The van der Waals surface area contributed by atoms with Gasteiger partial charge in [0.25, 0.3) is 5.56 Å². The second-order valence-electron chi connectivity index (χ2n) is 4.02. The van der Waals surface area contributed by atoms with Crippen molar-refractivity contribution in [2.75, 3.05) is 7.11 Å². The Bertz CT molecular complexity index is 429. The van der Waals surface area contributed by atoms with Gasteiger partial charge in [-0.3, -0.25) is 14.6 Å². The van der Waals surface area contributed by atoms with Crippen LogP contribution in [0.5, 0.6) is 5.88 Å². The fourth-order valence-electron chi connectivity index (χ4n) is 1.30. The van der Waals surface area contributed by atoms with Crippen LogP contribution in [0.1, 0.15) is 19.4 Å². The maximum atomic E-state index is 11.7. The quantitative estimate of drug-likeness (QED) is 0.785. The first kappa shape index (κ1) is 12.4. The van der Waals surface area contributed by atoms with E-state index in [1.807, 2.05) is 13.8 Å². The molecule has 0 atom stereocenters. The van der Waals surface area contributed by atoms with Gasteiger partial charge >= 0.3 is 0 Å². The standard InChI is InChI=1S/C11H19N3O2/c1-7(2)8(3)12-6-9-10(16-5)13-14(4)11(9)15/h7,12-13H,3,6H2,1-2,4-5H3. The molecule has 0 aliphatic heterocycles. The first-order valence-corrected chi connectivity index (χ1v) is 5.21. The average molecular weight is 225 g/mol. The van der Waals surface area contributed by atoms with Gasteiger partial charge in [0.15, 0.2) is 0 Å². The number of nitrogens with one attached hydrogen (secondary N) is 2. The van der Waals surface area contributed by atoms with E-state index < -0.39 is 0 Å². The number of rotatable bonds is 5. The summed E-state index contributed by atoms with van der Waals surface area (Å²) in [5.74, 6) is 0.838. The van der Waals surface area contributed by atoms with Gasteiger partial charge in [-0.05, 0) is 5.92 Å². The highest BCUT2D eigenvalue weighted by Crippen LogP contribution is 2.11. The number of methoxy groups -OCH3 is 1. The first-order valence-electron chi connectivity index (χ1n) is 5.21.